The molecule has 0 aromatic carbocycles. The van der Waals surface area contributed by atoms with Crippen molar-refractivity contribution in [1.29, 1.82) is 0 Å². The molecule has 1 aliphatic rings. The molecule has 0 bridgehead atoms. The number of nitrogens with one attached hydrogen (secondary N) is 1. The molecule has 1 aliphatic carbocycles. The Labute approximate surface area is 111 Å². The summed E-state index contributed by atoms with van der Waals surface area (Å²) in [5.74, 6) is 0.884. The zero-order valence-corrected chi connectivity index (χ0v) is 12.1. The smallest absolute Gasteiger partial charge is 0.0624 e. The van der Waals surface area contributed by atoms with Gasteiger partial charge in [0.05, 0.1) is 5.69 Å². The standard InChI is InChI=1S/C15H27N3/c1-4-13-10-14(18(6-3)17-13)11-15(16-5-2)12-8-7-9-12/h10,12,15-16H,4-9,11H2,1-3H3. The highest BCUT2D eigenvalue weighted by Crippen LogP contribution is 2.31. The molecule has 102 valence electrons. The zero-order chi connectivity index (χ0) is 13.0. The molecule has 1 heterocycles. The Hall–Kier alpha value is -0.830. The molecule has 0 radical (unpaired) electrons. The quantitative estimate of drug-likeness (QED) is 0.805. The van der Waals surface area contributed by atoms with Gasteiger partial charge in [-0.25, -0.2) is 0 Å². The first-order valence-electron chi connectivity index (χ1n) is 7.57. The van der Waals surface area contributed by atoms with Gasteiger partial charge < -0.3 is 5.32 Å². The van der Waals surface area contributed by atoms with Crippen molar-refractivity contribution in [1.82, 2.24) is 15.1 Å². The first-order chi connectivity index (χ1) is 8.78. The molecule has 0 spiro atoms. The fourth-order valence-electron chi connectivity index (χ4n) is 2.86. The molecule has 2 rings (SSSR count). The van der Waals surface area contributed by atoms with E-state index in [1.807, 2.05) is 0 Å². The average molecular weight is 249 g/mol. The summed E-state index contributed by atoms with van der Waals surface area (Å²) in [6.07, 6.45) is 6.39. The van der Waals surface area contributed by atoms with Gasteiger partial charge >= 0.3 is 0 Å². The molecular weight excluding hydrogens is 222 g/mol. The summed E-state index contributed by atoms with van der Waals surface area (Å²) in [5.41, 5.74) is 2.64. The van der Waals surface area contributed by atoms with Gasteiger partial charge in [-0.2, -0.15) is 5.10 Å². The molecule has 0 saturated heterocycles. The minimum Gasteiger partial charge on any atom is -0.314 e. The van der Waals surface area contributed by atoms with E-state index < -0.39 is 0 Å². The highest BCUT2D eigenvalue weighted by atomic mass is 15.3. The van der Waals surface area contributed by atoms with Gasteiger partial charge in [0, 0.05) is 24.7 Å². The van der Waals surface area contributed by atoms with Crippen LogP contribution in [0.4, 0.5) is 0 Å². The zero-order valence-electron chi connectivity index (χ0n) is 12.1. The Morgan fingerprint density at radius 3 is 2.67 bits per heavy atom. The van der Waals surface area contributed by atoms with Crippen LogP contribution in [0.2, 0.25) is 0 Å². The minimum atomic E-state index is 0.649. The lowest BCUT2D eigenvalue weighted by Crippen LogP contribution is -2.41. The lowest BCUT2D eigenvalue weighted by molar-refractivity contribution is 0.227. The molecule has 1 atom stereocenters. The third-order valence-corrected chi connectivity index (χ3v) is 4.19. The van der Waals surface area contributed by atoms with E-state index in [9.17, 15) is 0 Å². The molecule has 1 aromatic heterocycles. The van der Waals surface area contributed by atoms with Crippen LogP contribution in [-0.2, 0) is 19.4 Å². The third-order valence-electron chi connectivity index (χ3n) is 4.19. The Bertz CT molecular complexity index is 366. The highest BCUT2D eigenvalue weighted by molar-refractivity contribution is 5.12. The van der Waals surface area contributed by atoms with Crippen LogP contribution in [0, 0.1) is 5.92 Å². The first kappa shape index (κ1) is 13.6. The number of hydrogen-bond acceptors (Lipinski definition) is 2. The molecule has 1 unspecified atom stereocenters. The summed E-state index contributed by atoms with van der Waals surface area (Å²) in [5, 5.41) is 8.32. The molecule has 3 nitrogen and oxygen atoms in total. The predicted octanol–water partition coefficient (Wildman–Crippen LogP) is 2.79. The van der Waals surface area contributed by atoms with Gasteiger partial charge in [-0.15, -0.1) is 0 Å². The van der Waals surface area contributed by atoms with Crippen molar-refractivity contribution in [3.63, 3.8) is 0 Å². The summed E-state index contributed by atoms with van der Waals surface area (Å²) in [6.45, 7) is 8.63. The minimum absolute atomic E-state index is 0.649. The number of likely N-dealkylation sites (N-methyl/N-ethyl adjacent to an activating group) is 1. The predicted molar refractivity (Wildman–Crippen MR) is 75.8 cm³/mol. The SMILES string of the molecule is CCNC(Cc1cc(CC)nn1CC)C1CCC1. The van der Waals surface area contributed by atoms with Gasteiger partial charge in [-0.3, -0.25) is 4.68 Å². The van der Waals surface area contributed by atoms with Crippen molar-refractivity contribution in [2.45, 2.75) is 65.5 Å². The van der Waals surface area contributed by atoms with Crippen molar-refractivity contribution >= 4 is 0 Å². The van der Waals surface area contributed by atoms with E-state index in [1.54, 1.807) is 0 Å². The molecule has 1 fully saturated rings. The van der Waals surface area contributed by atoms with Crippen LogP contribution in [0.5, 0.6) is 0 Å². The van der Waals surface area contributed by atoms with E-state index in [1.165, 1.54) is 30.7 Å². The van der Waals surface area contributed by atoms with Gasteiger partial charge in [-0.1, -0.05) is 20.3 Å². The monoisotopic (exact) mass is 249 g/mol. The largest absolute Gasteiger partial charge is 0.314 e. The summed E-state index contributed by atoms with van der Waals surface area (Å²) < 4.78 is 2.18. The Kier molecular flexibility index (Phi) is 4.81. The summed E-state index contributed by atoms with van der Waals surface area (Å²) >= 11 is 0. The fraction of sp³-hybridized carbons (Fsp3) is 0.800. The first-order valence-corrected chi connectivity index (χ1v) is 7.57. The van der Waals surface area contributed by atoms with Crippen LogP contribution in [-0.4, -0.2) is 22.4 Å². The van der Waals surface area contributed by atoms with E-state index in [2.05, 4.69) is 41.9 Å². The molecule has 0 amide bonds. The van der Waals surface area contributed by atoms with Crippen LogP contribution in [0.15, 0.2) is 6.07 Å². The molecule has 1 aromatic rings. The second kappa shape index (κ2) is 6.37. The Morgan fingerprint density at radius 1 is 1.39 bits per heavy atom. The van der Waals surface area contributed by atoms with Crippen LogP contribution in [0.1, 0.15) is 51.4 Å². The van der Waals surface area contributed by atoms with E-state index in [4.69, 9.17) is 0 Å². The number of aryl methyl sites for hydroxylation is 2. The molecule has 0 aliphatic heterocycles. The van der Waals surface area contributed by atoms with Crippen molar-refractivity contribution in [2.75, 3.05) is 6.54 Å². The van der Waals surface area contributed by atoms with Crippen molar-refractivity contribution in [3.8, 4) is 0 Å². The van der Waals surface area contributed by atoms with Crippen LogP contribution < -0.4 is 5.32 Å². The molecule has 1 saturated carbocycles. The van der Waals surface area contributed by atoms with Crippen molar-refractivity contribution in [2.24, 2.45) is 5.92 Å². The number of hydrogen-bond donors (Lipinski definition) is 1. The van der Waals surface area contributed by atoms with Gasteiger partial charge in [0.1, 0.15) is 0 Å². The molecule has 1 N–H and O–H groups in total. The van der Waals surface area contributed by atoms with Crippen LogP contribution in [0.25, 0.3) is 0 Å². The van der Waals surface area contributed by atoms with Gasteiger partial charge in [0.15, 0.2) is 0 Å². The number of aromatic nitrogens is 2. The van der Waals surface area contributed by atoms with E-state index >= 15 is 0 Å². The fourth-order valence-corrected chi connectivity index (χ4v) is 2.86. The Morgan fingerprint density at radius 2 is 2.17 bits per heavy atom. The van der Waals surface area contributed by atoms with Gasteiger partial charge in [0.2, 0.25) is 0 Å². The summed E-state index contributed by atoms with van der Waals surface area (Å²) in [6, 6.07) is 2.95. The van der Waals surface area contributed by atoms with E-state index in [0.717, 1.165) is 31.8 Å². The maximum Gasteiger partial charge on any atom is 0.0624 e. The molecule has 3 heteroatoms. The molecular formula is C15H27N3. The molecule has 18 heavy (non-hydrogen) atoms. The van der Waals surface area contributed by atoms with Crippen molar-refractivity contribution in [3.05, 3.63) is 17.5 Å². The van der Waals surface area contributed by atoms with Gasteiger partial charge in [0.25, 0.3) is 0 Å². The lowest BCUT2D eigenvalue weighted by Gasteiger charge is -2.34. The summed E-state index contributed by atoms with van der Waals surface area (Å²) in [7, 11) is 0. The second-order valence-electron chi connectivity index (χ2n) is 5.36. The third kappa shape index (κ3) is 2.94. The van der Waals surface area contributed by atoms with Crippen molar-refractivity contribution < 1.29 is 0 Å². The normalized spacial score (nSPS) is 17.7. The lowest BCUT2D eigenvalue weighted by atomic mass is 9.78. The average Bonchev–Trinajstić information content (AvgIpc) is 2.69. The van der Waals surface area contributed by atoms with E-state index in [-0.39, 0.29) is 0 Å². The topological polar surface area (TPSA) is 29.9 Å². The van der Waals surface area contributed by atoms with Crippen LogP contribution in [0.3, 0.4) is 0 Å². The van der Waals surface area contributed by atoms with Gasteiger partial charge in [-0.05, 0) is 44.7 Å². The maximum absolute atomic E-state index is 4.65. The second-order valence-corrected chi connectivity index (χ2v) is 5.36. The number of rotatable bonds is 7. The maximum atomic E-state index is 4.65. The van der Waals surface area contributed by atoms with E-state index in [0.29, 0.717) is 6.04 Å². The number of nitrogens with zero attached hydrogens (tertiary/aromatic N) is 2. The van der Waals surface area contributed by atoms with Crippen LogP contribution >= 0.6 is 0 Å². The highest BCUT2D eigenvalue weighted by Gasteiger charge is 2.27. The Balaban J connectivity index is 2.06. The summed E-state index contributed by atoms with van der Waals surface area (Å²) in [4.78, 5) is 0.